The number of nitrogens with two attached hydrogens (primary N) is 1. The molecule has 4 rings (SSSR count). The fourth-order valence-corrected chi connectivity index (χ4v) is 6.92. The van der Waals surface area contributed by atoms with Gasteiger partial charge in [-0.05, 0) is 42.0 Å². The number of anilines is 1. The van der Waals surface area contributed by atoms with Crippen molar-refractivity contribution < 1.29 is 37.3 Å². The van der Waals surface area contributed by atoms with E-state index in [1.807, 2.05) is 0 Å². The Kier molecular flexibility index (Phi) is 6.27. The summed E-state index contributed by atoms with van der Waals surface area (Å²) in [6.07, 6.45) is 0. The molecule has 35 heavy (non-hydrogen) atoms. The van der Waals surface area contributed by atoms with Gasteiger partial charge in [0.1, 0.15) is 0 Å². The van der Waals surface area contributed by atoms with E-state index in [9.17, 15) is 37.3 Å². The van der Waals surface area contributed by atoms with Crippen LogP contribution in [-0.4, -0.2) is 72.1 Å². The van der Waals surface area contributed by atoms with E-state index in [0.717, 1.165) is 28.6 Å². The second kappa shape index (κ2) is 8.92. The Morgan fingerprint density at radius 2 is 1.23 bits per heavy atom. The Bertz CT molecular complexity index is 1500. The van der Waals surface area contributed by atoms with E-state index in [-0.39, 0.29) is 52.8 Å². The molecule has 0 spiro atoms. The largest absolute Gasteiger partial charge is 0.504 e. The summed E-state index contributed by atoms with van der Waals surface area (Å²) < 4.78 is 55.1. The van der Waals surface area contributed by atoms with Crippen molar-refractivity contribution in [1.29, 1.82) is 0 Å². The number of piperazine rings is 1. The number of nitrogen functional groups attached to an aromatic ring is 1. The number of aromatic hydroxyl groups is 4. The summed E-state index contributed by atoms with van der Waals surface area (Å²) in [6.45, 7) is -0.552. The van der Waals surface area contributed by atoms with Crippen LogP contribution in [0.4, 0.5) is 5.69 Å². The quantitative estimate of drug-likeness (QED) is 0.245. The van der Waals surface area contributed by atoms with E-state index in [0.29, 0.717) is 0 Å². The first-order valence-corrected chi connectivity index (χ1v) is 13.2. The van der Waals surface area contributed by atoms with Crippen molar-refractivity contribution in [2.24, 2.45) is 0 Å². The van der Waals surface area contributed by atoms with Crippen molar-refractivity contribution in [2.75, 3.05) is 31.9 Å². The minimum Gasteiger partial charge on any atom is -0.504 e. The number of phenolic OH excluding ortho intramolecular Hbond substituents is 4. The molecule has 0 atom stereocenters. The molecule has 1 aliphatic heterocycles. The predicted molar refractivity (Wildman–Crippen MR) is 127 cm³/mol. The molecule has 0 radical (unpaired) electrons. The molecule has 11 nitrogen and oxygen atoms in total. The maximum atomic E-state index is 13.5. The number of hydrogen-bond acceptors (Lipinski definition) is 9. The Morgan fingerprint density at radius 3 is 1.83 bits per heavy atom. The Labute approximate surface area is 202 Å². The van der Waals surface area contributed by atoms with Gasteiger partial charge >= 0.3 is 0 Å². The van der Waals surface area contributed by atoms with Gasteiger partial charge in [0.25, 0.3) is 0 Å². The number of sulfonamides is 2. The molecule has 1 aliphatic rings. The van der Waals surface area contributed by atoms with Crippen molar-refractivity contribution in [3.8, 4) is 34.1 Å². The average Bonchev–Trinajstić information content (AvgIpc) is 2.82. The van der Waals surface area contributed by atoms with Gasteiger partial charge in [-0.15, -0.1) is 0 Å². The van der Waals surface area contributed by atoms with Gasteiger partial charge in [-0.25, -0.2) is 16.8 Å². The molecule has 3 aromatic rings. The molecule has 0 amide bonds. The van der Waals surface area contributed by atoms with Crippen LogP contribution >= 0.6 is 0 Å². The summed E-state index contributed by atoms with van der Waals surface area (Å²) in [6, 6.07) is 11.4. The summed E-state index contributed by atoms with van der Waals surface area (Å²) in [4.78, 5) is -0.350. The third-order valence-corrected chi connectivity index (χ3v) is 9.51. The Balaban J connectivity index is 1.65. The SMILES string of the molecule is Nc1cccc(S(=O)(=O)N2CCN(S(=O)(=O)c3cc(O)c(O)cc3-c3ccc(O)c(O)c3)CC2)c1. The van der Waals surface area contributed by atoms with Crippen LogP contribution in [0.3, 0.4) is 0 Å². The van der Waals surface area contributed by atoms with E-state index in [1.54, 1.807) is 6.07 Å². The van der Waals surface area contributed by atoms with Gasteiger partial charge in [-0.3, -0.25) is 0 Å². The lowest BCUT2D eigenvalue weighted by atomic mass is 10.0. The molecule has 6 N–H and O–H groups in total. The molecule has 0 aliphatic carbocycles. The second-order valence-corrected chi connectivity index (χ2v) is 11.8. The molecule has 1 saturated heterocycles. The van der Waals surface area contributed by atoms with Crippen molar-refractivity contribution in [3.05, 3.63) is 54.6 Å². The Morgan fingerprint density at radius 1 is 0.657 bits per heavy atom. The van der Waals surface area contributed by atoms with E-state index in [1.165, 1.54) is 28.6 Å². The molecule has 0 bridgehead atoms. The van der Waals surface area contributed by atoms with Gasteiger partial charge in [0.15, 0.2) is 23.0 Å². The molecule has 3 aromatic carbocycles. The third-order valence-electron chi connectivity index (χ3n) is 5.67. The predicted octanol–water partition coefficient (Wildman–Crippen LogP) is 1.45. The number of phenols is 4. The minimum atomic E-state index is -4.27. The molecule has 0 aromatic heterocycles. The summed E-state index contributed by atoms with van der Waals surface area (Å²) in [7, 11) is -8.15. The molecule has 0 unspecified atom stereocenters. The van der Waals surface area contributed by atoms with Crippen molar-refractivity contribution in [1.82, 2.24) is 8.61 Å². The van der Waals surface area contributed by atoms with Gasteiger partial charge in [0, 0.05) is 43.5 Å². The van der Waals surface area contributed by atoms with Crippen LogP contribution in [0.2, 0.25) is 0 Å². The lowest BCUT2D eigenvalue weighted by molar-refractivity contribution is 0.273. The van der Waals surface area contributed by atoms with E-state index in [4.69, 9.17) is 5.73 Å². The molecule has 13 heteroatoms. The highest BCUT2D eigenvalue weighted by atomic mass is 32.2. The van der Waals surface area contributed by atoms with Gasteiger partial charge < -0.3 is 26.2 Å². The highest BCUT2D eigenvalue weighted by Crippen LogP contribution is 2.40. The lowest BCUT2D eigenvalue weighted by Crippen LogP contribution is -2.50. The van der Waals surface area contributed by atoms with E-state index in [2.05, 4.69) is 0 Å². The van der Waals surface area contributed by atoms with Gasteiger partial charge in [-0.1, -0.05) is 12.1 Å². The van der Waals surface area contributed by atoms with Crippen molar-refractivity contribution >= 4 is 25.7 Å². The number of rotatable bonds is 5. The van der Waals surface area contributed by atoms with Crippen LogP contribution in [-0.2, 0) is 20.0 Å². The fraction of sp³-hybridized carbons (Fsp3) is 0.182. The molecule has 0 saturated carbocycles. The van der Waals surface area contributed by atoms with Crippen LogP contribution < -0.4 is 5.73 Å². The van der Waals surface area contributed by atoms with Gasteiger partial charge in [-0.2, -0.15) is 8.61 Å². The summed E-state index contributed by atoms with van der Waals surface area (Å²) in [5, 5.41) is 39.4. The lowest BCUT2D eigenvalue weighted by Gasteiger charge is -2.33. The highest BCUT2D eigenvalue weighted by Gasteiger charge is 2.35. The van der Waals surface area contributed by atoms with Gasteiger partial charge in [0.05, 0.1) is 9.79 Å². The average molecular weight is 522 g/mol. The maximum absolute atomic E-state index is 13.5. The second-order valence-electron chi connectivity index (χ2n) is 7.92. The maximum Gasteiger partial charge on any atom is 0.243 e. The fourth-order valence-electron chi connectivity index (χ4n) is 3.80. The van der Waals surface area contributed by atoms with Crippen LogP contribution in [0.5, 0.6) is 23.0 Å². The van der Waals surface area contributed by atoms with Crippen LogP contribution in [0, 0.1) is 0 Å². The number of hydrogen-bond donors (Lipinski definition) is 5. The first-order valence-electron chi connectivity index (χ1n) is 10.4. The van der Waals surface area contributed by atoms with E-state index >= 15 is 0 Å². The molecular weight excluding hydrogens is 498 g/mol. The zero-order valence-corrected chi connectivity index (χ0v) is 19.9. The van der Waals surface area contributed by atoms with Crippen LogP contribution in [0.15, 0.2) is 64.4 Å². The molecule has 186 valence electrons. The van der Waals surface area contributed by atoms with Gasteiger partial charge in [0.2, 0.25) is 20.0 Å². The van der Waals surface area contributed by atoms with Crippen molar-refractivity contribution in [2.45, 2.75) is 9.79 Å². The first-order chi connectivity index (χ1) is 16.4. The minimum absolute atomic E-state index is 0.00619. The number of benzene rings is 3. The zero-order chi connectivity index (χ0) is 25.5. The zero-order valence-electron chi connectivity index (χ0n) is 18.2. The highest BCUT2D eigenvalue weighted by molar-refractivity contribution is 7.89. The molecule has 1 fully saturated rings. The summed E-state index contributed by atoms with van der Waals surface area (Å²) in [5.41, 5.74) is 6.12. The molecular formula is C22H23N3O8S2. The smallest absolute Gasteiger partial charge is 0.243 e. The van der Waals surface area contributed by atoms with Crippen LogP contribution in [0.25, 0.3) is 11.1 Å². The molecule has 1 heterocycles. The number of nitrogens with zero attached hydrogens (tertiary/aromatic N) is 2. The van der Waals surface area contributed by atoms with Crippen molar-refractivity contribution in [3.63, 3.8) is 0 Å². The summed E-state index contributed by atoms with van der Waals surface area (Å²) >= 11 is 0. The Hall–Kier alpha value is -3.52. The normalized spacial score (nSPS) is 15.8. The first kappa shape index (κ1) is 24.6. The topological polar surface area (TPSA) is 182 Å². The monoisotopic (exact) mass is 521 g/mol. The van der Waals surface area contributed by atoms with E-state index < -0.39 is 43.0 Å². The summed E-state index contributed by atoms with van der Waals surface area (Å²) in [5.74, 6) is -2.17. The van der Waals surface area contributed by atoms with Crippen LogP contribution in [0.1, 0.15) is 0 Å². The standard InChI is InChI=1S/C22H23N3O8S2/c23-15-2-1-3-16(11-15)34(30,31)24-6-8-25(9-7-24)35(32,33)22-13-21(29)20(28)12-17(22)14-4-5-18(26)19(27)10-14/h1-5,10-13,26-29H,6-9,23H2. The third kappa shape index (κ3) is 4.58.